The van der Waals surface area contributed by atoms with Gasteiger partial charge < -0.3 is 20.3 Å². The van der Waals surface area contributed by atoms with Crippen molar-refractivity contribution < 1.29 is 19.1 Å². The number of aromatic amines is 1. The van der Waals surface area contributed by atoms with E-state index < -0.39 is 40.5 Å². The standard InChI is InChI=1S/C22H34ClFN4O4/c1-4-7-13(3)27-12-28(5-2)22(32)18-20(30)19(29)15(11-25-18)21(31)26-10-14-8-6-9-16(23)17(14)24/h11,13-14,16-17,27,30H,4-10,12H2,1-3H3,(H,25,29)(H,26,31)/t13-,14?,16?,17?/m1/s1. The quantitative estimate of drug-likeness (QED) is 0.309. The molecule has 32 heavy (non-hydrogen) atoms. The number of aromatic nitrogens is 1. The van der Waals surface area contributed by atoms with Crippen LogP contribution in [0.3, 0.4) is 0 Å². The molecule has 1 fully saturated rings. The van der Waals surface area contributed by atoms with Crippen LogP contribution in [0.5, 0.6) is 5.75 Å². The van der Waals surface area contributed by atoms with Gasteiger partial charge in [0.1, 0.15) is 11.7 Å². The fourth-order valence-corrected chi connectivity index (χ4v) is 4.22. The van der Waals surface area contributed by atoms with E-state index in [1.165, 1.54) is 4.90 Å². The summed E-state index contributed by atoms with van der Waals surface area (Å²) in [6, 6.07) is 0.211. The molecule has 180 valence electrons. The summed E-state index contributed by atoms with van der Waals surface area (Å²) in [5.74, 6) is -2.54. The number of H-pyrrole nitrogens is 1. The van der Waals surface area contributed by atoms with Crippen molar-refractivity contribution in [1.29, 1.82) is 0 Å². The van der Waals surface area contributed by atoms with Gasteiger partial charge in [0.15, 0.2) is 11.4 Å². The molecule has 4 N–H and O–H groups in total. The van der Waals surface area contributed by atoms with Crippen LogP contribution in [0.1, 0.15) is 73.7 Å². The number of aromatic hydroxyl groups is 1. The van der Waals surface area contributed by atoms with E-state index in [1.54, 1.807) is 6.92 Å². The molecule has 0 aromatic carbocycles. The molecule has 2 rings (SSSR count). The first kappa shape index (κ1) is 26.1. The molecule has 3 unspecified atom stereocenters. The molecule has 1 aliphatic rings. The molecule has 1 aromatic heterocycles. The molecule has 0 spiro atoms. The predicted molar refractivity (Wildman–Crippen MR) is 122 cm³/mol. The summed E-state index contributed by atoms with van der Waals surface area (Å²) < 4.78 is 14.2. The van der Waals surface area contributed by atoms with Crippen molar-refractivity contribution in [2.45, 2.75) is 70.5 Å². The lowest BCUT2D eigenvalue weighted by Crippen LogP contribution is -2.43. The van der Waals surface area contributed by atoms with Gasteiger partial charge in [-0.05, 0) is 33.1 Å². The van der Waals surface area contributed by atoms with E-state index in [1.807, 2.05) is 6.92 Å². The number of carbonyl (C=O) groups is 2. The van der Waals surface area contributed by atoms with Gasteiger partial charge >= 0.3 is 0 Å². The topological polar surface area (TPSA) is 115 Å². The fraction of sp³-hybridized carbons (Fsp3) is 0.682. The monoisotopic (exact) mass is 472 g/mol. The highest BCUT2D eigenvalue weighted by Crippen LogP contribution is 2.30. The number of hydrogen-bond donors (Lipinski definition) is 4. The predicted octanol–water partition coefficient (Wildman–Crippen LogP) is 2.75. The van der Waals surface area contributed by atoms with E-state index in [0.717, 1.165) is 25.5 Å². The molecule has 1 saturated carbocycles. The highest BCUT2D eigenvalue weighted by atomic mass is 35.5. The summed E-state index contributed by atoms with van der Waals surface area (Å²) in [5, 5.41) is 15.5. The van der Waals surface area contributed by atoms with Gasteiger partial charge in [0, 0.05) is 31.2 Å². The molecule has 1 heterocycles. The number of amides is 2. The van der Waals surface area contributed by atoms with Crippen LogP contribution in [0.25, 0.3) is 0 Å². The summed E-state index contributed by atoms with van der Waals surface area (Å²) >= 11 is 5.96. The van der Waals surface area contributed by atoms with Crippen LogP contribution in [-0.2, 0) is 0 Å². The Morgan fingerprint density at radius 3 is 2.75 bits per heavy atom. The van der Waals surface area contributed by atoms with Crippen molar-refractivity contribution in [1.82, 2.24) is 20.5 Å². The Kier molecular flexibility index (Phi) is 9.96. The Labute approximate surface area is 192 Å². The number of hydrogen-bond acceptors (Lipinski definition) is 5. The number of nitrogens with zero attached hydrogens (tertiary/aromatic N) is 1. The fourth-order valence-electron chi connectivity index (χ4n) is 3.86. The largest absolute Gasteiger partial charge is 0.503 e. The third-order valence-electron chi connectivity index (χ3n) is 5.91. The van der Waals surface area contributed by atoms with Crippen molar-refractivity contribution in [3.63, 3.8) is 0 Å². The van der Waals surface area contributed by atoms with Gasteiger partial charge in [-0.1, -0.05) is 19.8 Å². The number of carbonyl (C=O) groups excluding carboxylic acids is 2. The van der Waals surface area contributed by atoms with Crippen molar-refractivity contribution in [2.75, 3.05) is 19.8 Å². The van der Waals surface area contributed by atoms with Gasteiger partial charge in [0.25, 0.3) is 11.8 Å². The molecule has 1 aliphatic carbocycles. The maximum Gasteiger partial charge on any atom is 0.275 e. The highest BCUT2D eigenvalue weighted by molar-refractivity contribution is 6.21. The van der Waals surface area contributed by atoms with Crippen molar-refractivity contribution >= 4 is 23.4 Å². The maximum atomic E-state index is 14.2. The van der Waals surface area contributed by atoms with Crippen LogP contribution in [0.4, 0.5) is 4.39 Å². The second-order valence-corrected chi connectivity index (χ2v) is 8.89. The van der Waals surface area contributed by atoms with Crippen molar-refractivity contribution in [2.24, 2.45) is 5.92 Å². The second kappa shape index (κ2) is 12.2. The second-order valence-electron chi connectivity index (χ2n) is 8.33. The third-order valence-corrected chi connectivity index (χ3v) is 6.37. The average Bonchev–Trinajstić information content (AvgIpc) is 2.76. The van der Waals surface area contributed by atoms with Gasteiger partial charge in [-0.3, -0.25) is 19.7 Å². The van der Waals surface area contributed by atoms with E-state index in [0.29, 0.717) is 19.4 Å². The van der Waals surface area contributed by atoms with Crippen molar-refractivity contribution in [3.05, 3.63) is 27.7 Å². The van der Waals surface area contributed by atoms with Crippen LogP contribution in [0, 0.1) is 5.92 Å². The van der Waals surface area contributed by atoms with E-state index in [4.69, 9.17) is 11.6 Å². The molecule has 8 nitrogen and oxygen atoms in total. The molecular formula is C22H34ClFN4O4. The summed E-state index contributed by atoms with van der Waals surface area (Å²) in [5.41, 5.74) is -1.58. The van der Waals surface area contributed by atoms with Gasteiger partial charge in [-0.25, -0.2) is 4.39 Å². The Morgan fingerprint density at radius 2 is 2.09 bits per heavy atom. The summed E-state index contributed by atoms with van der Waals surface area (Å²) in [7, 11) is 0. The first-order valence-electron chi connectivity index (χ1n) is 11.2. The molecule has 0 aliphatic heterocycles. The van der Waals surface area contributed by atoms with Crippen LogP contribution >= 0.6 is 11.6 Å². The third kappa shape index (κ3) is 6.45. The highest BCUT2D eigenvalue weighted by Gasteiger charge is 2.32. The molecule has 2 amide bonds. The number of nitrogens with one attached hydrogen (secondary N) is 3. The number of pyridine rings is 1. The normalized spacial score (nSPS) is 21.7. The van der Waals surface area contributed by atoms with Gasteiger partial charge in [0.05, 0.1) is 12.0 Å². The molecule has 4 atom stereocenters. The summed E-state index contributed by atoms with van der Waals surface area (Å²) in [6.45, 7) is 6.53. The van der Waals surface area contributed by atoms with E-state index >= 15 is 0 Å². The van der Waals surface area contributed by atoms with Gasteiger partial charge in [-0.2, -0.15) is 0 Å². The zero-order chi connectivity index (χ0) is 23.8. The lowest BCUT2D eigenvalue weighted by molar-refractivity contribution is 0.0735. The maximum absolute atomic E-state index is 14.2. The SMILES string of the molecule is CCC[C@@H](C)NCN(CC)C(=O)c1[nH]cc(C(=O)NCC2CCCC(Cl)C2F)c(=O)c1O. The minimum atomic E-state index is -1.23. The van der Waals surface area contributed by atoms with E-state index in [9.17, 15) is 23.9 Å². The van der Waals surface area contributed by atoms with Crippen LogP contribution in [0.2, 0.25) is 0 Å². The Bertz CT molecular complexity index is 850. The first-order valence-corrected chi connectivity index (χ1v) is 11.7. The molecule has 1 aromatic rings. The zero-order valence-electron chi connectivity index (χ0n) is 18.9. The molecule has 0 bridgehead atoms. The number of halogens is 2. The van der Waals surface area contributed by atoms with Gasteiger partial charge in [0.2, 0.25) is 5.43 Å². The van der Waals surface area contributed by atoms with E-state index in [-0.39, 0.29) is 30.5 Å². The van der Waals surface area contributed by atoms with Crippen molar-refractivity contribution in [3.8, 4) is 5.75 Å². The Morgan fingerprint density at radius 1 is 1.38 bits per heavy atom. The van der Waals surface area contributed by atoms with E-state index in [2.05, 4.69) is 22.5 Å². The molecule has 0 radical (unpaired) electrons. The Balaban J connectivity index is 2.07. The zero-order valence-corrected chi connectivity index (χ0v) is 19.7. The average molecular weight is 473 g/mol. The number of rotatable bonds is 10. The summed E-state index contributed by atoms with van der Waals surface area (Å²) in [4.78, 5) is 41.8. The van der Waals surface area contributed by atoms with Crippen LogP contribution < -0.4 is 16.1 Å². The molecule has 0 saturated heterocycles. The minimum Gasteiger partial charge on any atom is -0.503 e. The smallest absolute Gasteiger partial charge is 0.275 e. The lowest BCUT2D eigenvalue weighted by Gasteiger charge is -2.29. The minimum absolute atomic E-state index is 0.0370. The lowest BCUT2D eigenvalue weighted by atomic mass is 9.87. The summed E-state index contributed by atoms with van der Waals surface area (Å²) in [6.07, 6.45) is 3.79. The number of alkyl halides is 2. The molecule has 10 heteroatoms. The van der Waals surface area contributed by atoms with Crippen LogP contribution in [-0.4, -0.2) is 64.2 Å². The first-order chi connectivity index (χ1) is 15.2. The van der Waals surface area contributed by atoms with Gasteiger partial charge in [-0.15, -0.1) is 11.6 Å². The Hall–Kier alpha value is -2.13. The van der Waals surface area contributed by atoms with Crippen LogP contribution in [0.15, 0.2) is 11.0 Å². The molecular weight excluding hydrogens is 439 g/mol.